The maximum atomic E-state index is 13.0. The number of aromatic carboxylic acids is 1. The first kappa shape index (κ1) is 9.43. The molecule has 5 heteroatoms. The molecule has 14 heavy (non-hydrogen) atoms. The molecule has 0 unspecified atom stereocenters. The second-order valence-corrected chi connectivity index (χ2v) is 4.13. The van der Waals surface area contributed by atoms with Crippen LogP contribution >= 0.6 is 22.9 Å². The largest absolute Gasteiger partial charge is 0.477 e. The van der Waals surface area contributed by atoms with Gasteiger partial charge in [-0.1, -0.05) is 17.7 Å². The number of thiophene rings is 1. The van der Waals surface area contributed by atoms with Crippen LogP contribution in [-0.2, 0) is 0 Å². The summed E-state index contributed by atoms with van der Waals surface area (Å²) in [5.41, 5.74) is 0. The van der Waals surface area contributed by atoms with Gasteiger partial charge in [-0.3, -0.25) is 0 Å². The van der Waals surface area contributed by atoms with Crippen LogP contribution in [-0.4, -0.2) is 11.1 Å². The van der Waals surface area contributed by atoms with Crippen LogP contribution in [0.3, 0.4) is 0 Å². The monoisotopic (exact) mass is 230 g/mol. The first-order valence-electron chi connectivity index (χ1n) is 3.70. The Labute approximate surface area is 87.5 Å². The van der Waals surface area contributed by atoms with Crippen LogP contribution in [0.5, 0.6) is 0 Å². The zero-order chi connectivity index (χ0) is 10.3. The van der Waals surface area contributed by atoms with E-state index in [0.717, 1.165) is 11.3 Å². The Morgan fingerprint density at radius 1 is 1.50 bits per heavy atom. The lowest BCUT2D eigenvalue weighted by molar-refractivity contribution is 0.0702. The van der Waals surface area contributed by atoms with E-state index < -0.39 is 11.8 Å². The summed E-state index contributed by atoms with van der Waals surface area (Å²) in [7, 11) is 0. The van der Waals surface area contributed by atoms with Gasteiger partial charge in [0.15, 0.2) is 0 Å². The number of fused-ring (bicyclic) bond motifs is 1. The predicted molar refractivity (Wildman–Crippen MR) is 53.8 cm³/mol. The molecule has 2 aromatic rings. The number of carboxylic acids is 1. The molecule has 72 valence electrons. The van der Waals surface area contributed by atoms with Gasteiger partial charge in [-0.05, 0) is 17.5 Å². The summed E-state index contributed by atoms with van der Waals surface area (Å²) in [6, 6.07) is 4.22. The Morgan fingerprint density at radius 2 is 2.21 bits per heavy atom. The minimum atomic E-state index is -1.03. The number of hydrogen-bond acceptors (Lipinski definition) is 2. The first-order chi connectivity index (χ1) is 6.59. The predicted octanol–water partition coefficient (Wildman–Crippen LogP) is 3.39. The lowest BCUT2D eigenvalue weighted by atomic mass is 10.2. The zero-order valence-corrected chi connectivity index (χ0v) is 8.32. The van der Waals surface area contributed by atoms with Gasteiger partial charge in [0.1, 0.15) is 10.7 Å². The molecule has 2 rings (SSSR count). The molecule has 0 aliphatic rings. The molecule has 1 aromatic carbocycles. The Bertz CT molecular complexity index is 521. The number of rotatable bonds is 1. The smallest absolute Gasteiger partial charge is 0.345 e. The molecule has 0 bridgehead atoms. The van der Waals surface area contributed by atoms with Crippen molar-refractivity contribution in [1.82, 2.24) is 0 Å². The van der Waals surface area contributed by atoms with E-state index in [1.165, 1.54) is 18.2 Å². The van der Waals surface area contributed by atoms with E-state index in [9.17, 15) is 9.18 Å². The minimum Gasteiger partial charge on any atom is -0.477 e. The average molecular weight is 231 g/mol. The van der Waals surface area contributed by atoms with E-state index in [0.29, 0.717) is 10.1 Å². The summed E-state index contributed by atoms with van der Waals surface area (Å²) in [6.07, 6.45) is 0. The number of carboxylic acid groups (broad SMARTS) is 1. The highest BCUT2D eigenvalue weighted by atomic mass is 35.5. The van der Waals surface area contributed by atoms with Crippen LogP contribution < -0.4 is 0 Å². The van der Waals surface area contributed by atoms with Gasteiger partial charge < -0.3 is 5.11 Å². The van der Waals surface area contributed by atoms with Gasteiger partial charge in [-0.2, -0.15) is 0 Å². The van der Waals surface area contributed by atoms with Crippen LogP contribution in [0.1, 0.15) is 9.67 Å². The molecule has 0 atom stereocenters. The van der Waals surface area contributed by atoms with Crippen LogP contribution in [0, 0.1) is 5.82 Å². The summed E-state index contributed by atoms with van der Waals surface area (Å²) in [4.78, 5) is 10.8. The molecule has 0 aliphatic carbocycles. The molecule has 0 amide bonds. The van der Waals surface area contributed by atoms with Gasteiger partial charge in [-0.25, -0.2) is 9.18 Å². The van der Waals surface area contributed by atoms with Crippen molar-refractivity contribution >= 4 is 39.0 Å². The number of benzene rings is 1. The SMILES string of the molecule is O=C(O)c1cc2ccc(F)c(Cl)c2s1. The molecule has 2 nitrogen and oxygen atoms in total. The van der Waals surface area contributed by atoms with Crippen LogP contribution in [0.15, 0.2) is 18.2 Å². The molecule has 1 heterocycles. The van der Waals surface area contributed by atoms with Gasteiger partial charge in [0.05, 0.1) is 9.72 Å². The topological polar surface area (TPSA) is 37.3 Å². The Morgan fingerprint density at radius 3 is 2.86 bits per heavy atom. The van der Waals surface area contributed by atoms with Crippen molar-refractivity contribution in [2.75, 3.05) is 0 Å². The number of carbonyl (C=O) groups is 1. The Kier molecular flexibility index (Phi) is 2.17. The third-order valence-corrected chi connectivity index (χ3v) is 3.43. The Hall–Kier alpha value is -1.13. The summed E-state index contributed by atoms with van der Waals surface area (Å²) in [5, 5.41) is 9.36. The highest BCUT2D eigenvalue weighted by Crippen LogP contribution is 2.33. The fraction of sp³-hybridized carbons (Fsp3) is 0. The molecule has 0 aliphatic heterocycles. The van der Waals surface area contributed by atoms with E-state index in [1.54, 1.807) is 0 Å². The third kappa shape index (κ3) is 1.36. The second-order valence-electron chi connectivity index (χ2n) is 2.70. The summed E-state index contributed by atoms with van der Waals surface area (Å²) < 4.78 is 13.5. The average Bonchev–Trinajstić information content (AvgIpc) is 2.56. The van der Waals surface area contributed by atoms with E-state index in [4.69, 9.17) is 16.7 Å². The fourth-order valence-electron chi connectivity index (χ4n) is 1.15. The quantitative estimate of drug-likeness (QED) is 0.815. The van der Waals surface area contributed by atoms with Gasteiger partial charge in [0, 0.05) is 0 Å². The van der Waals surface area contributed by atoms with Gasteiger partial charge in [-0.15, -0.1) is 11.3 Å². The van der Waals surface area contributed by atoms with Crippen molar-refractivity contribution in [3.05, 3.63) is 33.9 Å². The second kappa shape index (κ2) is 3.22. The molecule has 0 saturated carbocycles. The Balaban J connectivity index is 2.77. The fourth-order valence-corrected chi connectivity index (χ4v) is 2.36. The lowest BCUT2D eigenvalue weighted by Gasteiger charge is -1.93. The van der Waals surface area contributed by atoms with Crippen LogP contribution in [0.2, 0.25) is 5.02 Å². The third-order valence-electron chi connectivity index (χ3n) is 1.79. The van der Waals surface area contributed by atoms with Crippen molar-refractivity contribution < 1.29 is 14.3 Å². The minimum absolute atomic E-state index is 0.0139. The maximum Gasteiger partial charge on any atom is 0.345 e. The van der Waals surface area contributed by atoms with E-state index in [-0.39, 0.29) is 9.90 Å². The van der Waals surface area contributed by atoms with Crippen LogP contribution in [0.4, 0.5) is 4.39 Å². The van der Waals surface area contributed by atoms with Crippen molar-refractivity contribution in [3.8, 4) is 0 Å². The summed E-state index contributed by atoms with van der Waals surface area (Å²) in [6.45, 7) is 0. The molecular formula is C9H4ClFO2S. The van der Waals surface area contributed by atoms with Crippen molar-refractivity contribution in [2.24, 2.45) is 0 Å². The summed E-state index contributed by atoms with van der Waals surface area (Å²) in [5.74, 6) is -1.55. The molecule has 1 N–H and O–H groups in total. The molecule has 0 spiro atoms. The van der Waals surface area contributed by atoms with Gasteiger partial charge >= 0.3 is 5.97 Å². The van der Waals surface area contributed by atoms with Gasteiger partial charge in [0.25, 0.3) is 0 Å². The van der Waals surface area contributed by atoms with Crippen LogP contribution in [0.25, 0.3) is 10.1 Å². The van der Waals surface area contributed by atoms with Crippen molar-refractivity contribution in [2.45, 2.75) is 0 Å². The molecule has 1 aromatic heterocycles. The molecule has 0 saturated heterocycles. The lowest BCUT2D eigenvalue weighted by Crippen LogP contribution is -1.89. The van der Waals surface area contributed by atoms with E-state index in [1.807, 2.05) is 0 Å². The van der Waals surface area contributed by atoms with Crippen molar-refractivity contribution in [1.29, 1.82) is 0 Å². The maximum absolute atomic E-state index is 13.0. The van der Waals surface area contributed by atoms with E-state index >= 15 is 0 Å². The highest BCUT2D eigenvalue weighted by molar-refractivity contribution is 7.21. The molecular weight excluding hydrogens is 227 g/mol. The first-order valence-corrected chi connectivity index (χ1v) is 4.90. The molecule has 0 radical (unpaired) electrons. The molecule has 0 fully saturated rings. The van der Waals surface area contributed by atoms with E-state index in [2.05, 4.69) is 0 Å². The zero-order valence-electron chi connectivity index (χ0n) is 6.75. The number of hydrogen-bond donors (Lipinski definition) is 1. The van der Waals surface area contributed by atoms with Gasteiger partial charge in [0.2, 0.25) is 0 Å². The number of halogens is 2. The van der Waals surface area contributed by atoms with Crippen molar-refractivity contribution in [3.63, 3.8) is 0 Å². The summed E-state index contributed by atoms with van der Waals surface area (Å²) >= 11 is 6.66. The normalized spacial score (nSPS) is 10.7. The standard InChI is InChI=1S/C9H4ClFO2S/c10-7-5(11)2-1-4-3-6(9(12)13)14-8(4)7/h1-3H,(H,12,13). The highest BCUT2D eigenvalue weighted by Gasteiger charge is 2.12.